The summed E-state index contributed by atoms with van der Waals surface area (Å²) in [4.78, 5) is 20.4. The lowest BCUT2D eigenvalue weighted by molar-refractivity contribution is -0.127. The zero-order chi connectivity index (χ0) is 37.5. The van der Waals surface area contributed by atoms with E-state index in [-0.39, 0.29) is 18.6 Å². The number of rotatable bonds is 14. The highest BCUT2D eigenvalue weighted by atomic mass is 16.5. The van der Waals surface area contributed by atoms with Crippen molar-refractivity contribution in [3.63, 3.8) is 0 Å². The second-order valence-electron chi connectivity index (χ2n) is 14.6. The lowest BCUT2D eigenvalue weighted by atomic mass is 9.85. The lowest BCUT2D eigenvalue weighted by Gasteiger charge is -2.32. The van der Waals surface area contributed by atoms with Gasteiger partial charge in [-0.2, -0.15) is 0 Å². The Balaban J connectivity index is 1.26. The fourth-order valence-electron chi connectivity index (χ4n) is 7.57. The standard InChI is InChI=1S/C43H52N4O6/c1-3-5-6-10-34(39(51)23-32(48)8-4-2)38(50)16-11-27-12-18-40-41(20-27)53-43-28(9-7-19-52-40)14-17-37(49)33-15-13-29(42(44)45)21-30(33)22-31-24-46-36-26-47(43)25-35(31)36/h12-13,15,18,20-21,24,26,28,32,34,37,39,42-43,48-49,51H,3-6,8-11,16,22-23,25,44-45H2,1-2H3/t28-,32+,34+,37+,39+,43+/m0/s1. The predicted molar refractivity (Wildman–Crippen MR) is 204 cm³/mol. The summed E-state index contributed by atoms with van der Waals surface area (Å²) in [5.41, 5.74) is 18.2. The van der Waals surface area contributed by atoms with Crippen LogP contribution in [-0.4, -0.2) is 57.2 Å². The van der Waals surface area contributed by atoms with E-state index in [9.17, 15) is 20.1 Å². The first-order valence-corrected chi connectivity index (χ1v) is 19.0. The minimum atomic E-state index is -1.07. The molecule has 0 unspecified atom stereocenters. The average Bonchev–Trinajstić information content (AvgIpc) is 3.74. The number of hydrogen-bond donors (Lipinski definition) is 5. The molecule has 10 nitrogen and oxygen atoms in total. The van der Waals surface area contributed by atoms with Gasteiger partial charge in [0.2, 0.25) is 0 Å². The molecule has 4 heterocycles. The number of fused-ring (bicyclic) bond motifs is 5. The Labute approximate surface area is 313 Å². The van der Waals surface area contributed by atoms with Crippen LogP contribution in [0, 0.1) is 35.7 Å². The summed E-state index contributed by atoms with van der Waals surface area (Å²) in [5.74, 6) is 9.47. The van der Waals surface area contributed by atoms with Crippen molar-refractivity contribution in [1.29, 1.82) is 0 Å². The quantitative estimate of drug-likeness (QED) is 0.101. The van der Waals surface area contributed by atoms with Crippen molar-refractivity contribution in [2.24, 2.45) is 28.3 Å². The van der Waals surface area contributed by atoms with Gasteiger partial charge in [-0.3, -0.25) is 9.79 Å². The normalized spacial score (nSPS) is 21.6. The number of unbranched alkanes of at least 4 members (excludes halogenated alkanes) is 2. The molecule has 0 aromatic heterocycles. The van der Waals surface area contributed by atoms with Gasteiger partial charge in [-0.05, 0) is 72.1 Å². The summed E-state index contributed by atoms with van der Waals surface area (Å²) in [6.45, 7) is 4.66. The Kier molecular flexibility index (Phi) is 12.7. The topological polar surface area (TPSA) is 164 Å². The molecule has 2 aromatic rings. The number of nitrogens with zero attached hydrogens (tertiary/aromatic N) is 2. The summed E-state index contributed by atoms with van der Waals surface area (Å²) >= 11 is 0. The van der Waals surface area contributed by atoms with Gasteiger partial charge in [-0.1, -0.05) is 81.6 Å². The number of carbonyl (C=O) groups is 1. The molecule has 4 aliphatic rings. The summed E-state index contributed by atoms with van der Waals surface area (Å²) < 4.78 is 12.7. The number of allylic oxidation sites excluding steroid dienone is 1. The summed E-state index contributed by atoms with van der Waals surface area (Å²) in [6, 6.07) is 11.2. The minimum Gasteiger partial charge on any atom is -0.465 e. The fraction of sp³-hybridized carbons (Fsp3) is 0.488. The van der Waals surface area contributed by atoms with Gasteiger partial charge >= 0.3 is 0 Å². The van der Waals surface area contributed by atoms with E-state index in [1.54, 1.807) is 0 Å². The molecule has 10 heteroatoms. The third-order valence-corrected chi connectivity index (χ3v) is 10.6. The van der Waals surface area contributed by atoms with E-state index in [1.807, 2.05) is 55.7 Å². The Bertz CT molecular complexity index is 1880. The number of carbonyl (C=O) groups excluding carboxylic acids is 1. The maximum atomic E-state index is 13.6. The highest BCUT2D eigenvalue weighted by Gasteiger charge is 2.36. The van der Waals surface area contributed by atoms with Gasteiger partial charge in [-0.15, -0.1) is 0 Å². The van der Waals surface area contributed by atoms with Crippen molar-refractivity contribution in [3.8, 4) is 35.4 Å². The number of aliphatic hydroxyl groups is 3. The van der Waals surface area contributed by atoms with Crippen LogP contribution in [-0.2, 0) is 17.6 Å². The SMILES string of the molecule is CCCCC[C@H](C(=O)CCc1ccc2c(c1)O[C@@H]1[C@H](C#C[C@@H](O)c3ccc(C(N)N)cc3CC3=C4CN1C=C4N=C3)CC#CO2)[C@H](O)C[C@H](O)CCC. The first kappa shape index (κ1) is 38.3. The van der Waals surface area contributed by atoms with Gasteiger partial charge in [0.15, 0.2) is 17.7 Å². The van der Waals surface area contributed by atoms with Crippen molar-refractivity contribution in [2.75, 3.05) is 6.54 Å². The average molecular weight is 721 g/mol. The number of ether oxygens (including phenoxy) is 2. The largest absolute Gasteiger partial charge is 0.465 e. The van der Waals surface area contributed by atoms with Crippen LogP contribution in [0.5, 0.6) is 11.5 Å². The van der Waals surface area contributed by atoms with Crippen molar-refractivity contribution in [2.45, 2.75) is 115 Å². The van der Waals surface area contributed by atoms with Crippen LogP contribution in [0.2, 0.25) is 0 Å². The number of nitrogens with two attached hydrogens (primary N) is 2. The number of hydrogen-bond acceptors (Lipinski definition) is 10. The first-order chi connectivity index (χ1) is 25.6. The van der Waals surface area contributed by atoms with Gasteiger partial charge in [0.05, 0.1) is 30.0 Å². The number of aliphatic imine (C=N–C) groups is 1. The molecule has 280 valence electrons. The van der Waals surface area contributed by atoms with Crippen LogP contribution in [0.3, 0.4) is 0 Å². The first-order valence-electron chi connectivity index (χ1n) is 19.0. The zero-order valence-electron chi connectivity index (χ0n) is 30.8. The van der Waals surface area contributed by atoms with Gasteiger partial charge in [0.25, 0.3) is 0 Å². The van der Waals surface area contributed by atoms with E-state index in [0.717, 1.165) is 59.2 Å². The Morgan fingerprint density at radius 1 is 1.06 bits per heavy atom. The van der Waals surface area contributed by atoms with Crippen molar-refractivity contribution >= 4 is 12.0 Å². The van der Waals surface area contributed by atoms with Gasteiger partial charge in [0.1, 0.15) is 18.0 Å². The van der Waals surface area contributed by atoms with Gasteiger partial charge in [0, 0.05) is 43.3 Å². The van der Waals surface area contributed by atoms with Crippen LogP contribution < -0.4 is 20.9 Å². The van der Waals surface area contributed by atoms with E-state index in [2.05, 4.69) is 35.7 Å². The molecule has 0 saturated carbocycles. The molecule has 7 N–H and O–H groups in total. The zero-order valence-corrected chi connectivity index (χ0v) is 30.8. The summed E-state index contributed by atoms with van der Waals surface area (Å²) in [5, 5.41) is 32.8. The third-order valence-electron chi connectivity index (χ3n) is 10.6. The second kappa shape index (κ2) is 17.6. The van der Waals surface area contributed by atoms with E-state index < -0.39 is 42.5 Å². The molecule has 0 amide bonds. The molecule has 0 saturated heterocycles. The van der Waals surface area contributed by atoms with E-state index >= 15 is 0 Å². The number of aliphatic hydroxyl groups excluding tert-OH is 3. The third kappa shape index (κ3) is 9.21. The van der Waals surface area contributed by atoms with Crippen molar-refractivity contribution < 1.29 is 29.6 Å². The van der Waals surface area contributed by atoms with E-state index in [1.165, 1.54) is 0 Å². The summed E-state index contributed by atoms with van der Waals surface area (Å²) in [6.07, 6.45) is 9.54. The van der Waals surface area contributed by atoms with E-state index in [4.69, 9.17) is 25.9 Å². The Hall–Kier alpha value is -4.42. The van der Waals surface area contributed by atoms with Crippen molar-refractivity contribution in [3.05, 3.63) is 81.7 Å². The summed E-state index contributed by atoms with van der Waals surface area (Å²) in [7, 11) is 0. The van der Waals surface area contributed by atoms with Crippen LogP contribution in [0.1, 0.15) is 106 Å². The Morgan fingerprint density at radius 3 is 2.70 bits per heavy atom. The molecule has 2 aromatic carbocycles. The monoisotopic (exact) mass is 720 g/mol. The van der Waals surface area contributed by atoms with Crippen molar-refractivity contribution in [1.82, 2.24) is 4.90 Å². The van der Waals surface area contributed by atoms with Crippen LogP contribution >= 0.6 is 0 Å². The fourth-order valence-corrected chi connectivity index (χ4v) is 7.57. The van der Waals surface area contributed by atoms with Crippen LogP contribution in [0.4, 0.5) is 0 Å². The van der Waals surface area contributed by atoms with Gasteiger partial charge in [-0.25, -0.2) is 0 Å². The molecule has 0 spiro atoms. The molecule has 0 fully saturated rings. The predicted octanol–water partition coefficient (Wildman–Crippen LogP) is 5.11. The smallest absolute Gasteiger partial charge is 0.187 e. The molecule has 6 atom stereocenters. The molecule has 53 heavy (non-hydrogen) atoms. The lowest BCUT2D eigenvalue weighted by Crippen LogP contribution is -2.41. The van der Waals surface area contributed by atoms with E-state index in [0.29, 0.717) is 55.7 Å². The highest BCUT2D eigenvalue weighted by molar-refractivity contribution is 5.87. The van der Waals surface area contributed by atoms with Crippen LogP contribution in [0.15, 0.2) is 64.4 Å². The number of aryl methyl sites for hydroxylation is 1. The molecule has 4 aliphatic heterocycles. The Morgan fingerprint density at radius 2 is 1.91 bits per heavy atom. The molecular weight excluding hydrogens is 668 g/mol. The molecule has 6 rings (SSSR count). The molecule has 0 aliphatic carbocycles. The molecular formula is C43H52N4O6. The van der Waals surface area contributed by atoms with Gasteiger partial charge < -0.3 is 41.2 Å². The number of ketones is 1. The second-order valence-corrected chi connectivity index (χ2v) is 14.6. The molecule has 2 bridgehead atoms. The maximum absolute atomic E-state index is 13.6. The maximum Gasteiger partial charge on any atom is 0.187 e. The minimum absolute atomic E-state index is 0.000581. The van der Waals surface area contributed by atoms with Crippen LogP contribution in [0.25, 0.3) is 0 Å². The molecule has 0 radical (unpaired) electrons. The number of Topliss-reactive ketones (excluding diaryl/α,β-unsaturated/α-hetero) is 1. The number of benzene rings is 2. The highest BCUT2D eigenvalue weighted by Crippen LogP contribution is 2.38.